The molecule has 2 aromatic heterocycles. The van der Waals surface area contributed by atoms with E-state index in [0.717, 1.165) is 28.5 Å². The normalized spacial score (nSPS) is 10.8. The van der Waals surface area contributed by atoms with Crippen LogP contribution in [-0.2, 0) is 11.3 Å². The number of furan rings is 1. The summed E-state index contributed by atoms with van der Waals surface area (Å²) in [6, 6.07) is 3.81. The number of carbonyl (C=O) groups excluding carboxylic acids is 1. The van der Waals surface area contributed by atoms with Crippen molar-refractivity contribution in [3.05, 3.63) is 29.3 Å². The number of nitrogens with two attached hydrogens (primary N) is 1. The molecular weight excluding hydrogens is 218 g/mol. The number of aromatic nitrogens is 2. The molecule has 0 fully saturated rings. The number of rotatable bonds is 3. The third-order valence-electron chi connectivity index (χ3n) is 2.67. The quantitative estimate of drug-likeness (QED) is 0.874. The minimum absolute atomic E-state index is 0.0896. The molecule has 0 aliphatic heterocycles. The molecule has 90 valence electrons. The third kappa shape index (κ3) is 2.08. The van der Waals surface area contributed by atoms with Gasteiger partial charge in [-0.2, -0.15) is 5.10 Å². The van der Waals surface area contributed by atoms with Crippen molar-refractivity contribution >= 4 is 5.91 Å². The standard InChI is InChI=1S/C12H15N3O2/c1-7-4-5-10(17-7)12-8(2)14-15(9(12)3)6-11(13)16/h4-5H,6H2,1-3H3,(H2,13,16). The molecule has 0 aliphatic rings. The van der Waals surface area contributed by atoms with E-state index >= 15 is 0 Å². The average molecular weight is 233 g/mol. The molecule has 5 nitrogen and oxygen atoms in total. The van der Waals surface area contributed by atoms with Gasteiger partial charge in [0.2, 0.25) is 5.91 Å². The van der Waals surface area contributed by atoms with Gasteiger partial charge in [-0.25, -0.2) is 0 Å². The lowest BCUT2D eigenvalue weighted by Crippen LogP contribution is -2.20. The zero-order chi connectivity index (χ0) is 12.6. The Balaban J connectivity index is 2.48. The smallest absolute Gasteiger partial charge is 0.239 e. The maximum absolute atomic E-state index is 10.9. The minimum Gasteiger partial charge on any atom is -0.461 e. The zero-order valence-corrected chi connectivity index (χ0v) is 10.2. The van der Waals surface area contributed by atoms with Crippen LogP contribution in [-0.4, -0.2) is 15.7 Å². The van der Waals surface area contributed by atoms with Gasteiger partial charge < -0.3 is 10.2 Å². The van der Waals surface area contributed by atoms with Crippen molar-refractivity contribution in [1.29, 1.82) is 0 Å². The van der Waals surface area contributed by atoms with Crippen molar-refractivity contribution in [2.45, 2.75) is 27.3 Å². The van der Waals surface area contributed by atoms with Crippen molar-refractivity contribution in [2.75, 3.05) is 0 Å². The highest BCUT2D eigenvalue weighted by Crippen LogP contribution is 2.28. The van der Waals surface area contributed by atoms with E-state index in [4.69, 9.17) is 10.2 Å². The maximum Gasteiger partial charge on any atom is 0.239 e. The van der Waals surface area contributed by atoms with Gasteiger partial charge in [0.15, 0.2) is 0 Å². The molecule has 0 saturated heterocycles. The van der Waals surface area contributed by atoms with Gasteiger partial charge in [0.05, 0.1) is 11.3 Å². The largest absolute Gasteiger partial charge is 0.461 e. The highest BCUT2D eigenvalue weighted by Gasteiger charge is 2.16. The first-order valence-electron chi connectivity index (χ1n) is 5.38. The summed E-state index contributed by atoms with van der Waals surface area (Å²) in [5.74, 6) is 1.22. The lowest BCUT2D eigenvalue weighted by Gasteiger charge is -2.01. The Labute approximate surface area is 99.2 Å². The van der Waals surface area contributed by atoms with E-state index in [1.165, 1.54) is 0 Å². The lowest BCUT2D eigenvalue weighted by molar-refractivity contribution is -0.118. The van der Waals surface area contributed by atoms with E-state index in [-0.39, 0.29) is 6.54 Å². The molecule has 0 saturated carbocycles. The molecule has 0 bridgehead atoms. The van der Waals surface area contributed by atoms with E-state index in [1.807, 2.05) is 32.9 Å². The lowest BCUT2D eigenvalue weighted by atomic mass is 10.1. The molecule has 0 aromatic carbocycles. The highest BCUT2D eigenvalue weighted by molar-refractivity contribution is 5.74. The van der Waals surface area contributed by atoms with Crippen molar-refractivity contribution in [3.63, 3.8) is 0 Å². The summed E-state index contributed by atoms with van der Waals surface area (Å²) in [5, 5.41) is 4.29. The Bertz CT molecular complexity index is 566. The second kappa shape index (κ2) is 4.08. The molecule has 2 aromatic rings. The van der Waals surface area contributed by atoms with Crippen LogP contribution >= 0.6 is 0 Å². The molecule has 2 N–H and O–H groups in total. The van der Waals surface area contributed by atoms with Crippen LogP contribution in [0.25, 0.3) is 11.3 Å². The Hall–Kier alpha value is -2.04. The van der Waals surface area contributed by atoms with E-state index in [2.05, 4.69) is 5.10 Å². The number of nitrogens with zero attached hydrogens (tertiary/aromatic N) is 2. The summed E-state index contributed by atoms with van der Waals surface area (Å²) >= 11 is 0. The van der Waals surface area contributed by atoms with Crippen LogP contribution in [0.5, 0.6) is 0 Å². The van der Waals surface area contributed by atoms with Gasteiger partial charge in [-0.15, -0.1) is 0 Å². The summed E-state index contributed by atoms with van der Waals surface area (Å²) in [4.78, 5) is 10.9. The van der Waals surface area contributed by atoms with E-state index < -0.39 is 5.91 Å². The predicted molar refractivity (Wildman–Crippen MR) is 63.3 cm³/mol. The number of primary amides is 1. The molecule has 17 heavy (non-hydrogen) atoms. The van der Waals surface area contributed by atoms with Crippen LogP contribution in [0.1, 0.15) is 17.1 Å². The number of hydrogen-bond donors (Lipinski definition) is 1. The van der Waals surface area contributed by atoms with Gasteiger partial charge in [0.25, 0.3) is 0 Å². The van der Waals surface area contributed by atoms with Gasteiger partial charge in [-0.05, 0) is 32.9 Å². The van der Waals surface area contributed by atoms with Crippen LogP contribution in [0.4, 0.5) is 0 Å². The molecule has 1 amide bonds. The minimum atomic E-state index is -0.405. The molecule has 5 heteroatoms. The molecule has 2 rings (SSSR count). The molecular formula is C12H15N3O2. The molecule has 2 heterocycles. The number of amides is 1. The predicted octanol–water partition coefficient (Wildman–Crippen LogP) is 1.55. The van der Waals surface area contributed by atoms with Crippen molar-refractivity contribution in [2.24, 2.45) is 5.73 Å². The Kier molecular flexibility index (Phi) is 2.75. The van der Waals surface area contributed by atoms with Gasteiger partial charge >= 0.3 is 0 Å². The summed E-state index contributed by atoms with van der Waals surface area (Å²) in [5.41, 5.74) is 7.82. The molecule has 0 spiro atoms. The van der Waals surface area contributed by atoms with E-state index in [0.29, 0.717) is 0 Å². The van der Waals surface area contributed by atoms with Crippen LogP contribution in [0, 0.1) is 20.8 Å². The Morgan fingerprint density at radius 3 is 2.65 bits per heavy atom. The van der Waals surface area contributed by atoms with Gasteiger partial charge in [-0.1, -0.05) is 0 Å². The second-order valence-electron chi connectivity index (χ2n) is 4.08. The number of aryl methyl sites for hydroxylation is 2. The average Bonchev–Trinajstić information content (AvgIpc) is 2.72. The van der Waals surface area contributed by atoms with Crippen LogP contribution in [0.3, 0.4) is 0 Å². The van der Waals surface area contributed by atoms with Crippen LogP contribution in [0.15, 0.2) is 16.5 Å². The van der Waals surface area contributed by atoms with Crippen molar-refractivity contribution in [3.8, 4) is 11.3 Å². The fourth-order valence-corrected chi connectivity index (χ4v) is 1.92. The Morgan fingerprint density at radius 2 is 2.12 bits per heavy atom. The molecule has 0 unspecified atom stereocenters. The topological polar surface area (TPSA) is 74.1 Å². The zero-order valence-electron chi connectivity index (χ0n) is 10.2. The fraction of sp³-hybridized carbons (Fsp3) is 0.333. The third-order valence-corrected chi connectivity index (χ3v) is 2.67. The first-order valence-corrected chi connectivity index (χ1v) is 5.38. The van der Waals surface area contributed by atoms with E-state index in [1.54, 1.807) is 4.68 Å². The van der Waals surface area contributed by atoms with Crippen LogP contribution in [0.2, 0.25) is 0 Å². The first-order chi connectivity index (χ1) is 7.99. The van der Waals surface area contributed by atoms with Crippen molar-refractivity contribution < 1.29 is 9.21 Å². The molecule has 0 aliphatic carbocycles. The highest BCUT2D eigenvalue weighted by atomic mass is 16.3. The summed E-state index contributed by atoms with van der Waals surface area (Å²) < 4.78 is 7.18. The van der Waals surface area contributed by atoms with Crippen molar-refractivity contribution in [1.82, 2.24) is 9.78 Å². The molecule has 0 atom stereocenters. The van der Waals surface area contributed by atoms with Gasteiger partial charge in [-0.3, -0.25) is 9.48 Å². The SMILES string of the molecule is Cc1ccc(-c2c(C)nn(CC(N)=O)c2C)o1. The van der Waals surface area contributed by atoms with Gasteiger partial charge in [0.1, 0.15) is 18.1 Å². The number of carbonyl (C=O) groups is 1. The van der Waals surface area contributed by atoms with Gasteiger partial charge in [0, 0.05) is 5.69 Å². The fourth-order valence-electron chi connectivity index (χ4n) is 1.92. The van der Waals surface area contributed by atoms with Crippen LogP contribution < -0.4 is 5.73 Å². The maximum atomic E-state index is 10.9. The molecule has 0 radical (unpaired) electrons. The monoisotopic (exact) mass is 233 g/mol. The summed E-state index contributed by atoms with van der Waals surface area (Å²) in [7, 11) is 0. The van der Waals surface area contributed by atoms with E-state index in [9.17, 15) is 4.79 Å². The first kappa shape index (κ1) is 11.4. The summed E-state index contributed by atoms with van der Waals surface area (Å²) in [6.45, 7) is 5.77. The summed E-state index contributed by atoms with van der Waals surface area (Å²) in [6.07, 6.45) is 0. The second-order valence-corrected chi connectivity index (χ2v) is 4.08. The number of hydrogen-bond acceptors (Lipinski definition) is 3. The Morgan fingerprint density at radius 1 is 1.41 bits per heavy atom.